The molecule has 0 amide bonds. The van der Waals surface area contributed by atoms with E-state index < -0.39 is 11.0 Å². The van der Waals surface area contributed by atoms with Crippen LogP contribution in [0.3, 0.4) is 0 Å². The second-order valence-electron chi connectivity index (χ2n) is 2.73. The Balaban J connectivity index is 2.75. The third-order valence-corrected chi connectivity index (χ3v) is 1.90. The fourth-order valence-corrected chi connectivity index (χ4v) is 1.10. The summed E-state index contributed by atoms with van der Waals surface area (Å²) in [5.41, 5.74) is 0.683. The van der Waals surface area contributed by atoms with Crippen LogP contribution < -0.4 is 0 Å². The molecule has 0 aliphatic rings. The van der Waals surface area contributed by atoms with E-state index in [9.17, 15) is 9.90 Å². The summed E-state index contributed by atoms with van der Waals surface area (Å²) in [6.45, 7) is 0. The Morgan fingerprint density at radius 1 is 1.38 bits per heavy atom. The molecule has 0 fully saturated rings. The number of aliphatic carboxylic acids is 1. The number of hydrogen-bond acceptors (Lipinski definition) is 2. The number of halogens is 1. The van der Waals surface area contributed by atoms with Gasteiger partial charge in [-0.3, -0.25) is 0 Å². The fourth-order valence-electron chi connectivity index (χ4n) is 0.942. The van der Waals surface area contributed by atoms with Crippen molar-refractivity contribution in [2.24, 2.45) is 0 Å². The van der Waals surface area contributed by atoms with E-state index in [4.69, 9.17) is 16.7 Å². The monoisotopic (exact) mass is 200 g/mol. The van der Waals surface area contributed by atoms with E-state index in [0.717, 1.165) is 0 Å². The van der Waals surface area contributed by atoms with Crippen molar-refractivity contribution in [1.82, 2.24) is 0 Å². The van der Waals surface area contributed by atoms with Crippen LogP contribution in [-0.2, 0) is 11.2 Å². The minimum absolute atomic E-state index is 0.106. The lowest BCUT2D eigenvalue weighted by molar-refractivity contribution is -0.150. The second-order valence-corrected chi connectivity index (χ2v) is 3.35. The summed E-state index contributed by atoms with van der Waals surface area (Å²) in [4.78, 5) is 10.4. The second kappa shape index (κ2) is 3.77. The maximum Gasteiger partial charge on any atom is 0.352 e. The van der Waals surface area contributed by atoms with Crippen molar-refractivity contribution in [2.75, 3.05) is 0 Å². The number of benzene rings is 1. The van der Waals surface area contributed by atoms with Crippen molar-refractivity contribution in [3.63, 3.8) is 0 Å². The molecule has 0 radical (unpaired) electrons. The lowest BCUT2D eigenvalue weighted by atomic mass is 10.1. The minimum Gasteiger partial charge on any atom is -0.478 e. The highest BCUT2D eigenvalue weighted by Crippen LogP contribution is 2.17. The van der Waals surface area contributed by atoms with Gasteiger partial charge in [0.15, 0.2) is 0 Å². The molecule has 1 atom stereocenters. The Morgan fingerprint density at radius 3 is 2.38 bits per heavy atom. The molecule has 0 aromatic heterocycles. The number of aliphatic hydroxyl groups is 1. The third-order valence-electron chi connectivity index (χ3n) is 1.61. The van der Waals surface area contributed by atoms with E-state index in [-0.39, 0.29) is 6.42 Å². The van der Waals surface area contributed by atoms with Crippen molar-refractivity contribution >= 4 is 17.6 Å². The van der Waals surface area contributed by atoms with E-state index in [2.05, 4.69) is 0 Å². The molecule has 2 N–H and O–H groups in total. The molecule has 0 saturated heterocycles. The molecule has 0 saturated carbocycles. The molecule has 70 valence electrons. The standard InChI is InChI=1S/C9H9ClO3/c10-9(13,8(11)12)6-7-4-2-1-3-5-7/h1-5,13H,6H2,(H,11,12). The molecule has 1 aromatic carbocycles. The molecule has 0 spiro atoms. The maximum absolute atomic E-state index is 10.4. The van der Waals surface area contributed by atoms with Crippen LogP contribution >= 0.6 is 11.6 Å². The fraction of sp³-hybridized carbons (Fsp3) is 0.222. The molecule has 13 heavy (non-hydrogen) atoms. The molecular formula is C9H9ClO3. The predicted molar refractivity (Wildman–Crippen MR) is 48.6 cm³/mol. The molecule has 3 nitrogen and oxygen atoms in total. The van der Waals surface area contributed by atoms with Gasteiger partial charge in [-0.05, 0) is 5.56 Å². The molecule has 1 rings (SSSR count). The van der Waals surface area contributed by atoms with Crippen molar-refractivity contribution in [1.29, 1.82) is 0 Å². The van der Waals surface area contributed by atoms with Crippen LogP contribution in [0.25, 0.3) is 0 Å². The van der Waals surface area contributed by atoms with Crippen LogP contribution in [0.1, 0.15) is 5.56 Å². The number of carbonyl (C=O) groups is 1. The number of alkyl halides is 1. The molecule has 0 heterocycles. The average molecular weight is 201 g/mol. The van der Waals surface area contributed by atoms with E-state index in [1.54, 1.807) is 30.3 Å². The lowest BCUT2D eigenvalue weighted by Gasteiger charge is -2.14. The Labute approximate surface area is 80.6 Å². The topological polar surface area (TPSA) is 57.5 Å². The number of carboxylic acids is 1. The van der Waals surface area contributed by atoms with Gasteiger partial charge in [0.1, 0.15) is 0 Å². The SMILES string of the molecule is O=C(O)C(O)(Cl)Cc1ccccc1. The zero-order valence-electron chi connectivity index (χ0n) is 6.77. The van der Waals surface area contributed by atoms with E-state index in [0.29, 0.717) is 5.56 Å². The lowest BCUT2D eigenvalue weighted by Crippen LogP contribution is -2.34. The van der Waals surface area contributed by atoms with Gasteiger partial charge in [-0.1, -0.05) is 41.9 Å². The highest BCUT2D eigenvalue weighted by molar-refractivity contribution is 6.32. The first-order valence-corrected chi connectivity index (χ1v) is 4.09. The Morgan fingerprint density at radius 2 is 1.92 bits per heavy atom. The largest absolute Gasteiger partial charge is 0.478 e. The number of carboxylic acid groups (broad SMARTS) is 1. The smallest absolute Gasteiger partial charge is 0.352 e. The van der Waals surface area contributed by atoms with Gasteiger partial charge in [-0.2, -0.15) is 0 Å². The van der Waals surface area contributed by atoms with Gasteiger partial charge in [-0.15, -0.1) is 0 Å². The van der Waals surface area contributed by atoms with Crippen LogP contribution in [0.15, 0.2) is 30.3 Å². The van der Waals surface area contributed by atoms with E-state index in [1.807, 2.05) is 0 Å². The summed E-state index contributed by atoms with van der Waals surface area (Å²) in [5.74, 6) is -1.43. The normalized spacial score (nSPS) is 14.9. The molecule has 0 aliphatic carbocycles. The zero-order valence-corrected chi connectivity index (χ0v) is 7.53. The van der Waals surface area contributed by atoms with Crippen LogP contribution in [0, 0.1) is 0 Å². The number of hydrogen-bond donors (Lipinski definition) is 2. The highest BCUT2D eigenvalue weighted by atomic mass is 35.5. The van der Waals surface area contributed by atoms with Crippen LogP contribution in [0.2, 0.25) is 0 Å². The zero-order chi connectivity index (χ0) is 9.90. The Bertz CT molecular complexity index is 295. The Kier molecular flexibility index (Phi) is 2.90. The van der Waals surface area contributed by atoms with Gasteiger partial charge in [0.2, 0.25) is 5.06 Å². The third kappa shape index (κ3) is 2.72. The number of rotatable bonds is 3. The van der Waals surface area contributed by atoms with Gasteiger partial charge >= 0.3 is 5.97 Å². The van der Waals surface area contributed by atoms with Crippen molar-refractivity contribution < 1.29 is 15.0 Å². The maximum atomic E-state index is 10.4. The summed E-state index contributed by atoms with van der Waals surface area (Å²) < 4.78 is 0. The van der Waals surface area contributed by atoms with E-state index >= 15 is 0 Å². The highest BCUT2D eigenvalue weighted by Gasteiger charge is 2.33. The summed E-state index contributed by atoms with van der Waals surface area (Å²) >= 11 is 5.36. The minimum atomic E-state index is -2.21. The van der Waals surface area contributed by atoms with Crippen LogP contribution in [0.5, 0.6) is 0 Å². The molecule has 1 unspecified atom stereocenters. The quantitative estimate of drug-likeness (QED) is 0.722. The van der Waals surface area contributed by atoms with Gasteiger partial charge in [0.25, 0.3) is 0 Å². The Hall–Kier alpha value is -1.06. The van der Waals surface area contributed by atoms with Gasteiger partial charge in [0, 0.05) is 6.42 Å². The van der Waals surface area contributed by atoms with Crippen LogP contribution in [0.4, 0.5) is 0 Å². The van der Waals surface area contributed by atoms with Crippen LogP contribution in [-0.4, -0.2) is 21.2 Å². The van der Waals surface area contributed by atoms with Crippen molar-refractivity contribution in [2.45, 2.75) is 11.5 Å². The molecular weight excluding hydrogens is 192 g/mol. The molecule has 0 bridgehead atoms. The average Bonchev–Trinajstić information content (AvgIpc) is 2.05. The van der Waals surface area contributed by atoms with Crippen molar-refractivity contribution in [3.8, 4) is 0 Å². The molecule has 4 heteroatoms. The van der Waals surface area contributed by atoms with Gasteiger partial charge < -0.3 is 10.2 Å². The molecule has 0 aliphatic heterocycles. The van der Waals surface area contributed by atoms with Crippen molar-refractivity contribution in [3.05, 3.63) is 35.9 Å². The first-order valence-electron chi connectivity index (χ1n) is 3.71. The summed E-state index contributed by atoms with van der Waals surface area (Å²) in [6, 6.07) is 8.72. The summed E-state index contributed by atoms with van der Waals surface area (Å²) in [7, 11) is 0. The predicted octanol–water partition coefficient (Wildman–Crippen LogP) is 1.24. The first kappa shape index (κ1) is 10.0. The molecule has 1 aromatic rings. The summed E-state index contributed by atoms with van der Waals surface area (Å²) in [6.07, 6.45) is -0.106. The van der Waals surface area contributed by atoms with Gasteiger partial charge in [0.05, 0.1) is 0 Å². The van der Waals surface area contributed by atoms with Gasteiger partial charge in [-0.25, -0.2) is 4.79 Å². The summed E-state index contributed by atoms with van der Waals surface area (Å²) in [5, 5.41) is 15.5. The first-order chi connectivity index (χ1) is 6.02. The van der Waals surface area contributed by atoms with E-state index in [1.165, 1.54) is 0 Å².